The molecular formula is C15H14ClNO. The van der Waals surface area contributed by atoms with E-state index in [9.17, 15) is 4.79 Å². The fraction of sp³-hybridized carbons (Fsp3) is 0.133. The summed E-state index contributed by atoms with van der Waals surface area (Å²) in [5.74, 6) is -0.190. The minimum Gasteiger partial charge on any atom is -0.322 e. The van der Waals surface area contributed by atoms with Gasteiger partial charge in [0.15, 0.2) is 0 Å². The van der Waals surface area contributed by atoms with Crippen LogP contribution in [0.25, 0.3) is 0 Å². The molecule has 0 unspecified atom stereocenters. The highest BCUT2D eigenvalue weighted by atomic mass is 35.5. The molecule has 0 fully saturated rings. The third-order valence-electron chi connectivity index (χ3n) is 2.74. The molecule has 0 spiro atoms. The standard InChI is InChI=1S/C15H14ClNO/c1-2-11-7-9-12(10-8-11)17-15(18)13-5-3-4-6-14(13)16/h3-10H,2H2,1H3,(H,17,18). The van der Waals surface area contributed by atoms with E-state index in [0.717, 1.165) is 12.1 Å². The van der Waals surface area contributed by atoms with Crippen molar-refractivity contribution >= 4 is 23.2 Å². The van der Waals surface area contributed by atoms with Crippen LogP contribution in [-0.2, 0) is 6.42 Å². The third-order valence-corrected chi connectivity index (χ3v) is 3.07. The maximum atomic E-state index is 12.0. The first kappa shape index (κ1) is 12.7. The lowest BCUT2D eigenvalue weighted by atomic mass is 10.1. The largest absolute Gasteiger partial charge is 0.322 e. The molecule has 0 bridgehead atoms. The topological polar surface area (TPSA) is 29.1 Å². The number of benzene rings is 2. The van der Waals surface area contributed by atoms with Crippen molar-refractivity contribution in [2.75, 3.05) is 5.32 Å². The number of carbonyl (C=O) groups is 1. The van der Waals surface area contributed by atoms with E-state index in [-0.39, 0.29) is 5.91 Å². The number of halogens is 1. The lowest BCUT2D eigenvalue weighted by Gasteiger charge is -2.07. The van der Waals surface area contributed by atoms with Gasteiger partial charge in [-0.2, -0.15) is 0 Å². The first-order valence-electron chi connectivity index (χ1n) is 5.85. The molecule has 0 aliphatic rings. The van der Waals surface area contributed by atoms with Crippen molar-refractivity contribution < 1.29 is 4.79 Å². The summed E-state index contributed by atoms with van der Waals surface area (Å²) in [6.45, 7) is 2.09. The summed E-state index contributed by atoms with van der Waals surface area (Å²) in [7, 11) is 0. The number of aryl methyl sites for hydroxylation is 1. The van der Waals surface area contributed by atoms with E-state index in [1.807, 2.05) is 24.3 Å². The molecule has 0 aromatic heterocycles. The predicted octanol–water partition coefficient (Wildman–Crippen LogP) is 4.15. The number of rotatable bonds is 3. The van der Waals surface area contributed by atoms with Crippen LogP contribution in [0.1, 0.15) is 22.8 Å². The molecular weight excluding hydrogens is 246 g/mol. The summed E-state index contributed by atoms with van der Waals surface area (Å²) in [5.41, 5.74) is 2.50. The zero-order valence-electron chi connectivity index (χ0n) is 10.1. The van der Waals surface area contributed by atoms with Gasteiger partial charge in [-0.15, -0.1) is 0 Å². The number of carbonyl (C=O) groups excluding carboxylic acids is 1. The number of anilines is 1. The van der Waals surface area contributed by atoms with Gasteiger partial charge in [0, 0.05) is 5.69 Å². The van der Waals surface area contributed by atoms with E-state index in [0.29, 0.717) is 10.6 Å². The van der Waals surface area contributed by atoms with Gasteiger partial charge >= 0.3 is 0 Å². The molecule has 1 amide bonds. The van der Waals surface area contributed by atoms with Gasteiger partial charge in [0.25, 0.3) is 5.91 Å². The fourth-order valence-corrected chi connectivity index (χ4v) is 1.89. The summed E-state index contributed by atoms with van der Waals surface area (Å²) >= 11 is 5.97. The van der Waals surface area contributed by atoms with Gasteiger partial charge in [0.05, 0.1) is 10.6 Å². The second-order valence-electron chi connectivity index (χ2n) is 3.98. The summed E-state index contributed by atoms with van der Waals surface area (Å²) in [6.07, 6.45) is 0.985. The average molecular weight is 260 g/mol. The van der Waals surface area contributed by atoms with Crippen LogP contribution in [0.3, 0.4) is 0 Å². The van der Waals surface area contributed by atoms with Gasteiger partial charge in [-0.1, -0.05) is 42.8 Å². The molecule has 2 rings (SSSR count). The Labute approximate surface area is 112 Å². The smallest absolute Gasteiger partial charge is 0.257 e. The van der Waals surface area contributed by atoms with E-state index in [1.54, 1.807) is 24.3 Å². The molecule has 18 heavy (non-hydrogen) atoms. The van der Waals surface area contributed by atoms with Crippen LogP contribution in [-0.4, -0.2) is 5.91 Å². The second-order valence-corrected chi connectivity index (χ2v) is 4.39. The van der Waals surface area contributed by atoms with E-state index in [2.05, 4.69) is 12.2 Å². The zero-order valence-corrected chi connectivity index (χ0v) is 10.9. The molecule has 0 heterocycles. The molecule has 0 saturated carbocycles. The van der Waals surface area contributed by atoms with Gasteiger partial charge in [0.2, 0.25) is 0 Å². The van der Waals surface area contributed by atoms with Gasteiger partial charge in [-0.25, -0.2) is 0 Å². The van der Waals surface area contributed by atoms with Gasteiger partial charge < -0.3 is 5.32 Å². The maximum absolute atomic E-state index is 12.0. The van der Waals surface area contributed by atoms with Crippen molar-refractivity contribution in [2.45, 2.75) is 13.3 Å². The minimum absolute atomic E-state index is 0.190. The van der Waals surface area contributed by atoms with Crippen molar-refractivity contribution in [1.82, 2.24) is 0 Å². The van der Waals surface area contributed by atoms with Crippen molar-refractivity contribution in [3.63, 3.8) is 0 Å². The first-order chi connectivity index (χ1) is 8.70. The summed E-state index contributed by atoms with van der Waals surface area (Å²) < 4.78 is 0. The van der Waals surface area contributed by atoms with Crippen LogP contribution < -0.4 is 5.32 Å². The summed E-state index contributed by atoms with van der Waals surface area (Å²) in [4.78, 5) is 12.0. The quantitative estimate of drug-likeness (QED) is 0.881. The van der Waals surface area contributed by atoms with E-state index in [4.69, 9.17) is 11.6 Å². The first-order valence-corrected chi connectivity index (χ1v) is 6.23. The molecule has 0 aliphatic carbocycles. The van der Waals surface area contributed by atoms with Gasteiger partial charge in [-0.3, -0.25) is 4.79 Å². The van der Waals surface area contributed by atoms with Gasteiger partial charge in [-0.05, 0) is 36.2 Å². The molecule has 0 atom stereocenters. The normalized spacial score (nSPS) is 10.1. The number of hydrogen-bond donors (Lipinski definition) is 1. The zero-order chi connectivity index (χ0) is 13.0. The maximum Gasteiger partial charge on any atom is 0.257 e. The second kappa shape index (κ2) is 5.69. The Hall–Kier alpha value is -1.80. The van der Waals surface area contributed by atoms with Crippen LogP contribution in [0.15, 0.2) is 48.5 Å². The Balaban J connectivity index is 2.14. The number of nitrogens with one attached hydrogen (secondary N) is 1. The highest BCUT2D eigenvalue weighted by Gasteiger charge is 2.09. The molecule has 2 nitrogen and oxygen atoms in total. The molecule has 92 valence electrons. The highest BCUT2D eigenvalue weighted by Crippen LogP contribution is 2.17. The minimum atomic E-state index is -0.190. The molecule has 0 aliphatic heterocycles. The van der Waals surface area contributed by atoms with Crippen LogP contribution in [0.5, 0.6) is 0 Å². The molecule has 3 heteroatoms. The Morgan fingerprint density at radius 3 is 2.39 bits per heavy atom. The van der Waals surface area contributed by atoms with Crippen LogP contribution in [0, 0.1) is 0 Å². The summed E-state index contributed by atoms with van der Waals surface area (Å²) in [5, 5.41) is 3.29. The molecule has 0 radical (unpaired) electrons. The predicted molar refractivity (Wildman–Crippen MR) is 75.2 cm³/mol. The van der Waals surface area contributed by atoms with E-state index >= 15 is 0 Å². The van der Waals surface area contributed by atoms with Crippen molar-refractivity contribution in [3.05, 3.63) is 64.7 Å². The van der Waals surface area contributed by atoms with Crippen molar-refractivity contribution in [1.29, 1.82) is 0 Å². The molecule has 2 aromatic carbocycles. The van der Waals surface area contributed by atoms with Crippen LogP contribution >= 0.6 is 11.6 Å². The molecule has 0 saturated heterocycles. The Morgan fingerprint density at radius 1 is 1.11 bits per heavy atom. The summed E-state index contributed by atoms with van der Waals surface area (Å²) in [6, 6.07) is 14.8. The number of hydrogen-bond acceptors (Lipinski definition) is 1. The van der Waals surface area contributed by atoms with Gasteiger partial charge in [0.1, 0.15) is 0 Å². The Morgan fingerprint density at radius 2 is 1.78 bits per heavy atom. The highest BCUT2D eigenvalue weighted by molar-refractivity contribution is 6.34. The van der Waals surface area contributed by atoms with Crippen LogP contribution in [0.4, 0.5) is 5.69 Å². The van der Waals surface area contributed by atoms with Crippen LogP contribution in [0.2, 0.25) is 5.02 Å². The third kappa shape index (κ3) is 2.90. The SMILES string of the molecule is CCc1ccc(NC(=O)c2ccccc2Cl)cc1. The lowest BCUT2D eigenvalue weighted by Crippen LogP contribution is -2.12. The average Bonchev–Trinajstić information content (AvgIpc) is 2.40. The fourth-order valence-electron chi connectivity index (χ4n) is 1.67. The lowest BCUT2D eigenvalue weighted by molar-refractivity contribution is 0.102. The molecule has 2 aromatic rings. The Bertz CT molecular complexity index is 549. The molecule has 1 N–H and O–H groups in total. The van der Waals surface area contributed by atoms with Crippen molar-refractivity contribution in [3.8, 4) is 0 Å². The monoisotopic (exact) mass is 259 g/mol. The van der Waals surface area contributed by atoms with Crippen molar-refractivity contribution in [2.24, 2.45) is 0 Å². The number of amides is 1. The van der Waals surface area contributed by atoms with E-state index < -0.39 is 0 Å². The van der Waals surface area contributed by atoms with E-state index in [1.165, 1.54) is 5.56 Å². The Kier molecular flexibility index (Phi) is 4.00.